The third-order valence-electron chi connectivity index (χ3n) is 6.66. The highest BCUT2D eigenvalue weighted by Crippen LogP contribution is 2.30. The third kappa shape index (κ3) is 7.29. The topological polar surface area (TPSA) is 72.4 Å². The van der Waals surface area contributed by atoms with E-state index in [0.29, 0.717) is 29.6 Å². The van der Waals surface area contributed by atoms with Crippen molar-refractivity contribution in [1.82, 2.24) is 14.9 Å². The van der Waals surface area contributed by atoms with Gasteiger partial charge in [-0.15, -0.1) is 0 Å². The summed E-state index contributed by atoms with van der Waals surface area (Å²) < 4.78 is 18.9. The van der Waals surface area contributed by atoms with Gasteiger partial charge in [0.25, 0.3) is 0 Å². The van der Waals surface area contributed by atoms with Crippen LogP contribution in [0.3, 0.4) is 0 Å². The highest BCUT2D eigenvalue weighted by atomic mass is 32.2. The number of ketones is 1. The molecule has 198 valence electrons. The number of rotatable bonds is 10. The van der Waals surface area contributed by atoms with Crippen LogP contribution in [0.25, 0.3) is 0 Å². The lowest BCUT2D eigenvalue weighted by Crippen LogP contribution is -2.42. The number of Topliss-reactive ketones (excluding diaryl/α,β-unsaturated/α-hetero) is 1. The number of ether oxygens (including phenoxy) is 1. The molecule has 2 heterocycles. The van der Waals surface area contributed by atoms with Crippen LogP contribution in [0.5, 0.6) is 11.5 Å². The lowest BCUT2D eigenvalue weighted by molar-refractivity contribution is -0.135. The van der Waals surface area contributed by atoms with E-state index in [0.717, 1.165) is 12.0 Å². The maximum Gasteiger partial charge on any atom is 0.233 e. The van der Waals surface area contributed by atoms with Crippen LogP contribution in [0, 0.1) is 11.7 Å². The number of amides is 1. The van der Waals surface area contributed by atoms with Crippen LogP contribution in [0.1, 0.15) is 17.5 Å². The summed E-state index contributed by atoms with van der Waals surface area (Å²) in [6, 6.07) is 24.5. The molecule has 3 aromatic carbocycles. The van der Waals surface area contributed by atoms with Gasteiger partial charge in [0.2, 0.25) is 5.91 Å². The number of nitrogens with zero attached hydrogens (tertiary/aromatic N) is 3. The summed E-state index contributed by atoms with van der Waals surface area (Å²) in [5.74, 6) is 1.13. The van der Waals surface area contributed by atoms with Crippen molar-refractivity contribution in [1.29, 1.82) is 0 Å². The Morgan fingerprint density at radius 3 is 2.23 bits per heavy atom. The highest BCUT2D eigenvalue weighted by Gasteiger charge is 2.39. The Balaban J connectivity index is 1.25. The van der Waals surface area contributed by atoms with Crippen molar-refractivity contribution < 1.29 is 18.7 Å². The second kappa shape index (κ2) is 12.7. The Bertz CT molecular complexity index is 1390. The summed E-state index contributed by atoms with van der Waals surface area (Å²) in [6.45, 7) is 0.546. The van der Waals surface area contributed by atoms with Gasteiger partial charge in [0.05, 0.1) is 11.8 Å². The van der Waals surface area contributed by atoms with Crippen LogP contribution < -0.4 is 4.74 Å². The van der Waals surface area contributed by atoms with Crippen molar-refractivity contribution in [2.75, 3.05) is 12.3 Å². The van der Waals surface area contributed by atoms with E-state index in [-0.39, 0.29) is 35.6 Å². The molecule has 0 bridgehead atoms. The first-order valence-corrected chi connectivity index (χ1v) is 13.8. The predicted molar refractivity (Wildman–Crippen MR) is 148 cm³/mol. The fraction of sp³-hybridized carbons (Fsp3) is 0.226. The van der Waals surface area contributed by atoms with Crippen molar-refractivity contribution in [2.45, 2.75) is 30.5 Å². The minimum Gasteiger partial charge on any atom is -0.457 e. The second-order valence-electron chi connectivity index (χ2n) is 9.52. The van der Waals surface area contributed by atoms with Gasteiger partial charge in [0, 0.05) is 25.4 Å². The fourth-order valence-electron chi connectivity index (χ4n) is 4.80. The van der Waals surface area contributed by atoms with Gasteiger partial charge in [-0.05, 0) is 72.4 Å². The number of hydrogen-bond acceptors (Lipinski definition) is 6. The number of thioether (sulfide) groups is 1. The van der Waals surface area contributed by atoms with Gasteiger partial charge >= 0.3 is 0 Å². The van der Waals surface area contributed by atoms with Crippen molar-refractivity contribution >= 4 is 23.5 Å². The Morgan fingerprint density at radius 2 is 1.54 bits per heavy atom. The van der Waals surface area contributed by atoms with Crippen molar-refractivity contribution in [2.24, 2.45) is 5.92 Å². The minimum atomic E-state index is -0.473. The molecular weight excluding hydrogens is 513 g/mol. The molecule has 1 fully saturated rings. The van der Waals surface area contributed by atoms with Gasteiger partial charge in [0.1, 0.15) is 17.3 Å². The highest BCUT2D eigenvalue weighted by molar-refractivity contribution is 7.99. The summed E-state index contributed by atoms with van der Waals surface area (Å²) in [5.41, 5.74) is 2.05. The average molecular weight is 542 g/mol. The molecule has 1 saturated heterocycles. The Labute approximate surface area is 231 Å². The fourth-order valence-corrected chi connectivity index (χ4v) is 5.49. The first-order valence-electron chi connectivity index (χ1n) is 12.8. The number of likely N-dealkylation sites (tertiary alicyclic amines) is 1. The lowest BCUT2D eigenvalue weighted by Gasteiger charge is -2.23. The molecule has 1 amide bonds. The quantitative estimate of drug-likeness (QED) is 0.187. The van der Waals surface area contributed by atoms with E-state index in [2.05, 4.69) is 22.1 Å². The van der Waals surface area contributed by atoms with Gasteiger partial charge in [-0.1, -0.05) is 54.2 Å². The van der Waals surface area contributed by atoms with Crippen LogP contribution >= 0.6 is 11.8 Å². The van der Waals surface area contributed by atoms with Gasteiger partial charge in [-0.2, -0.15) is 0 Å². The van der Waals surface area contributed by atoms with Crippen molar-refractivity contribution in [3.63, 3.8) is 0 Å². The van der Waals surface area contributed by atoms with Gasteiger partial charge in [-0.25, -0.2) is 14.4 Å². The van der Waals surface area contributed by atoms with Crippen LogP contribution in [0.15, 0.2) is 102 Å². The molecule has 0 unspecified atom stereocenters. The zero-order valence-electron chi connectivity index (χ0n) is 21.3. The molecule has 0 N–H and O–H groups in total. The molecule has 39 heavy (non-hydrogen) atoms. The maximum atomic E-state index is 13.5. The summed E-state index contributed by atoms with van der Waals surface area (Å²) in [4.78, 5) is 36.9. The van der Waals surface area contributed by atoms with Crippen LogP contribution in [-0.2, 0) is 22.4 Å². The summed E-state index contributed by atoms with van der Waals surface area (Å²) in [7, 11) is 0. The molecule has 0 radical (unpaired) electrons. The minimum absolute atomic E-state index is 0.0204. The summed E-state index contributed by atoms with van der Waals surface area (Å²) in [5, 5.41) is 0.539. The molecule has 1 aliphatic rings. The molecule has 1 aliphatic heterocycles. The molecule has 6 nitrogen and oxygen atoms in total. The lowest BCUT2D eigenvalue weighted by atomic mass is 9.94. The Morgan fingerprint density at radius 1 is 0.872 bits per heavy atom. The number of carbonyl (C=O) groups excluding carboxylic acids is 2. The van der Waals surface area contributed by atoms with E-state index in [1.54, 1.807) is 47.6 Å². The summed E-state index contributed by atoms with van der Waals surface area (Å²) in [6.07, 6.45) is 4.97. The number of halogens is 1. The first-order chi connectivity index (χ1) is 19.0. The molecule has 4 aromatic rings. The third-order valence-corrected chi connectivity index (χ3v) is 7.53. The van der Waals surface area contributed by atoms with E-state index in [1.807, 2.05) is 30.3 Å². The SMILES string of the molecule is O=C(Cc1ccc(Oc2ccc(F)cc2)cc1)[C@@H]1C[C@@H](Cc2ccccc2)CN1C(=O)CSc1ncccn1. The number of carbonyl (C=O) groups is 2. The normalized spacial score (nSPS) is 16.7. The smallest absolute Gasteiger partial charge is 0.233 e. The standard InChI is InChI=1S/C31H28FN3O3S/c32-25-9-13-27(14-10-25)38-26-11-7-23(8-12-26)19-29(36)28-18-24(17-22-5-2-1-3-6-22)20-35(28)30(37)21-39-31-33-15-4-16-34-31/h1-16,24,28H,17-21H2/t24-,28+/m1/s1. The van der Waals surface area contributed by atoms with E-state index in [1.165, 1.54) is 29.5 Å². The molecule has 0 spiro atoms. The van der Waals surface area contributed by atoms with Crippen LogP contribution in [-0.4, -0.2) is 44.9 Å². The maximum absolute atomic E-state index is 13.5. The summed E-state index contributed by atoms with van der Waals surface area (Å²) >= 11 is 1.28. The van der Waals surface area contributed by atoms with Crippen molar-refractivity contribution in [3.8, 4) is 11.5 Å². The van der Waals surface area contributed by atoms with Gasteiger partial charge in [-0.3, -0.25) is 9.59 Å². The zero-order chi connectivity index (χ0) is 27.0. The first kappa shape index (κ1) is 26.6. The van der Waals surface area contributed by atoms with Crippen LogP contribution in [0.4, 0.5) is 4.39 Å². The van der Waals surface area contributed by atoms with E-state index in [9.17, 15) is 14.0 Å². The molecule has 8 heteroatoms. The van der Waals surface area contributed by atoms with E-state index < -0.39 is 6.04 Å². The average Bonchev–Trinajstić information content (AvgIpc) is 3.39. The molecule has 0 saturated carbocycles. The number of hydrogen-bond donors (Lipinski definition) is 0. The van der Waals surface area contributed by atoms with Gasteiger partial charge in [0.15, 0.2) is 10.9 Å². The van der Waals surface area contributed by atoms with E-state index >= 15 is 0 Å². The Hall–Kier alpha value is -4.04. The monoisotopic (exact) mass is 541 g/mol. The van der Waals surface area contributed by atoms with Crippen molar-refractivity contribution in [3.05, 3.63) is 114 Å². The molecule has 1 aromatic heterocycles. The predicted octanol–water partition coefficient (Wildman–Crippen LogP) is 5.77. The molecule has 2 atom stereocenters. The zero-order valence-corrected chi connectivity index (χ0v) is 22.1. The largest absolute Gasteiger partial charge is 0.457 e. The van der Waals surface area contributed by atoms with Gasteiger partial charge < -0.3 is 9.64 Å². The molecular formula is C31H28FN3O3S. The molecule has 5 rings (SSSR count). The Kier molecular flexibility index (Phi) is 8.63. The number of benzene rings is 3. The molecule has 0 aliphatic carbocycles. The van der Waals surface area contributed by atoms with Crippen LogP contribution in [0.2, 0.25) is 0 Å². The second-order valence-corrected chi connectivity index (χ2v) is 10.5. The van der Waals surface area contributed by atoms with E-state index in [4.69, 9.17) is 4.74 Å². The number of aromatic nitrogens is 2.